The summed E-state index contributed by atoms with van der Waals surface area (Å²) >= 11 is 0. The quantitative estimate of drug-likeness (QED) is 0.714. The molecule has 2 aliphatic heterocycles. The Balaban J connectivity index is 1.81. The van der Waals surface area contributed by atoms with E-state index in [2.05, 4.69) is 10.2 Å². The molecular formula is C11H18N2O3. The van der Waals surface area contributed by atoms with Crippen LogP contribution in [-0.4, -0.2) is 47.6 Å². The van der Waals surface area contributed by atoms with Crippen molar-refractivity contribution in [3.63, 3.8) is 0 Å². The molecule has 2 heterocycles. The van der Waals surface area contributed by atoms with Crippen molar-refractivity contribution in [3.05, 3.63) is 0 Å². The minimum atomic E-state index is -0.694. The average molecular weight is 226 g/mol. The Morgan fingerprint density at radius 3 is 2.94 bits per heavy atom. The van der Waals surface area contributed by atoms with Crippen LogP contribution in [0.15, 0.2) is 0 Å². The highest BCUT2D eigenvalue weighted by molar-refractivity contribution is 5.78. The third kappa shape index (κ3) is 2.72. The van der Waals surface area contributed by atoms with Gasteiger partial charge in [0.1, 0.15) is 0 Å². The lowest BCUT2D eigenvalue weighted by molar-refractivity contribution is -0.143. The molecule has 1 amide bonds. The van der Waals surface area contributed by atoms with Gasteiger partial charge in [0.15, 0.2) is 0 Å². The fourth-order valence-electron chi connectivity index (χ4n) is 2.55. The third-order valence-electron chi connectivity index (χ3n) is 3.42. The summed E-state index contributed by atoms with van der Waals surface area (Å²) in [5.74, 6) is -0.803. The van der Waals surface area contributed by atoms with Crippen LogP contribution in [0.5, 0.6) is 0 Å². The number of rotatable bonds is 3. The first-order valence-electron chi connectivity index (χ1n) is 5.89. The normalized spacial score (nSPS) is 31.4. The highest BCUT2D eigenvalue weighted by Crippen LogP contribution is 2.18. The molecule has 5 heteroatoms. The van der Waals surface area contributed by atoms with Crippen LogP contribution in [0.1, 0.15) is 25.7 Å². The molecule has 0 aromatic heterocycles. The first-order chi connectivity index (χ1) is 7.65. The minimum absolute atomic E-state index is 0.122. The van der Waals surface area contributed by atoms with Crippen molar-refractivity contribution in [2.24, 2.45) is 5.92 Å². The molecule has 0 bridgehead atoms. The summed E-state index contributed by atoms with van der Waals surface area (Å²) in [6.07, 6.45) is 3.22. The molecule has 0 aromatic rings. The lowest BCUT2D eigenvalue weighted by Crippen LogP contribution is -2.45. The Labute approximate surface area is 94.8 Å². The highest BCUT2D eigenvalue weighted by Gasteiger charge is 2.28. The molecule has 0 aliphatic carbocycles. The van der Waals surface area contributed by atoms with Gasteiger partial charge in [-0.15, -0.1) is 0 Å². The molecule has 2 rings (SSSR count). The van der Waals surface area contributed by atoms with Gasteiger partial charge >= 0.3 is 5.97 Å². The molecule has 2 aliphatic rings. The summed E-state index contributed by atoms with van der Waals surface area (Å²) in [6, 6.07) is 0.222. The van der Waals surface area contributed by atoms with Gasteiger partial charge in [-0.2, -0.15) is 0 Å². The SMILES string of the molecule is O=C1CCC(CN2CCCC(C(=O)O)C2)N1. The van der Waals surface area contributed by atoms with Gasteiger partial charge in [-0.1, -0.05) is 0 Å². The molecular weight excluding hydrogens is 208 g/mol. The van der Waals surface area contributed by atoms with Crippen LogP contribution >= 0.6 is 0 Å². The van der Waals surface area contributed by atoms with Crippen molar-refractivity contribution in [3.8, 4) is 0 Å². The number of carbonyl (C=O) groups is 2. The molecule has 2 unspecified atom stereocenters. The summed E-state index contributed by atoms with van der Waals surface area (Å²) in [5, 5.41) is 11.9. The molecule has 0 spiro atoms. The van der Waals surface area contributed by atoms with Gasteiger partial charge in [0, 0.05) is 25.6 Å². The van der Waals surface area contributed by atoms with Crippen molar-refractivity contribution in [1.82, 2.24) is 10.2 Å². The Hall–Kier alpha value is -1.10. The zero-order valence-electron chi connectivity index (χ0n) is 9.32. The van der Waals surface area contributed by atoms with E-state index in [-0.39, 0.29) is 17.9 Å². The zero-order chi connectivity index (χ0) is 11.5. The van der Waals surface area contributed by atoms with E-state index in [4.69, 9.17) is 5.11 Å². The largest absolute Gasteiger partial charge is 0.481 e. The number of piperidine rings is 1. The lowest BCUT2D eigenvalue weighted by Gasteiger charge is -2.32. The van der Waals surface area contributed by atoms with E-state index in [0.29, 0.717) is 13.0 Å². The maximum absolute atomic E-state index is 11.0. The fraction of sp³-hybridized carbons (Fsp3) is 0.818. The third-order valence-corrected chi connectivity index (χ3v) is 3.42. The van der Waals surface area contributed by atoms with Crippen molar-refractivity contribution < 1.29 is 14.7 Å². The molecule has 0 aromatic carbocycles. The average Bonchev–Trinajstić information content (AvgIpc) is 2.64. The van der Waals surface area contributed by atoms with E-state index >= 15 is 0 Å². The first-order valence-corrected chi connectivity index (χ1v) is 5.89. The Morgan fingerprint density at radius 2 is 2.31 bits per heavy atom. The summed E-state index contributed by atoms with van der Waals surface area (Å²) in [6.45, 7) is 2.38. The van der Waals surface area contributed by atoms with Gasteiger partial charge in [-0.25, -0.2) is 0 Å². The number of carbonyl (C=O) groups excluding carboxylic acids is 1. The second kappa shape index (κ2) is 4.82. The predicted molar refractivity (Wildman–Crippen MR) is 58.0 cm³/mol. The van der Waals surface area contributed by atoms with E-state index in [1.54, 1.807) is 0 Å². The number of aliphatic carboxylic acids is 1. The van der Waals surface area contributed by atoms with Gasteiger partial charge in [0.05, 0.1) is 5.92 Å². The van der Waals surface area contributed by atoms with Crippen LogP contribution in [0.25, 0.3) is 0 Å². The van der Waals surface area contributed by atoms with E-state index in [0.717, 1.165) is 32.4 Å². The van der Waals surface area contributed by atoms with Crippen molar-refractivity contribution in [1.29, 1.82) is 0 Å². The van der Waals surface area contributed by atoms with Crippen LogP contribution in [0.2, 0.25) is 0 Å². The number of hydrogen-bond donors (Lipinski definition) is 2. The first kappa shape index (κ1) is 11.4. The van der Waals surface area contributed by atoms with Crippen molar-refractivity contribution >= 4 is 11.9 Å². The van der Waals surface area contributed by atoms with Gasteiger partial charge in [0.25, 0.3) is 0 Å². The number of hydrogen-bond acceptors (Lipinski definition) is 3. The van der Waals surface area contributed by atoms with Crippen molar-refractivity contribution in [2.75, 3.05) is 19.6 Å². The topological polar surface area (TPSA) is 69.6 Å². The monoisotopic (exact) mass is 226 g/mol. The standard InChI is InChI=1S/C11H18N2O3/c14-10-4-3-9(12-10)7-13-5-1-2-8(6-13)11(15)16/h8-9H,1-7H2,(H,12,14)(H,15,16). The maximum Gasteiger partial charge on any atom is 0.307 e. The summed E-state index contributed by atoms with van der Waals surface area (Å²) in [4.78, 5) is 24.1. The van der Waals surface area contributed by atoms with E-state index in [1.165, 1.54) is 0 Å². The zero-order valence-corrected chi connectivity index (χ0v) is 9.32. The summed E-state index contributed by atoms with van der Waals surface area (Å²) < 4.78 is 0. The van der Waals surface area contributed by atoms with Gasteiger partial charge < -0.3 is 15.3 Å². The number of carboxylic acid groups (broad SMARTS) is 1. The smallest absolute Gasteiger partial charge is 0.307 e. The summed E-state index contributed by atoms with van der Waals surface area (Å²) in [5.41, 5.74) is 0. The minimum Gasteiger partial charge on any atom is -0.481 e. The Kier molecular flexibility index (Phi) is 3.43. The number of likely N-dealkylation sites (tertiary alicyclic amines) is 1. The molecule has 0 saturated carbocycles. The van der Waals surface area contributed by atoms with Crippen LogP contribution in [0, 0.1) is 5.92 Å². The molecule has 2 saturated heterocycles. The number of nitrogens with zero attached hydrogens (tertiary/aromatic N) is 1. The van der Waals surface area contributed by atoms with E-state index in [1.807, 2.05) is 0 Å². The van der Waals surface area contributed by atoms with Crippen molar-refractivity contribution in [2.45, 2.75) is 31.7 Å². The molecule has 0 radical (unpaired) electrons. The highest BCUT2D eigenvalue weighted by atomic mass is 16.4. The molecule has 5 nitrogen and oxygen atoms in total. The van der Waals surface area contributed by atoms with Gasteiger partial charge in [0.2, 0.25) is 5.91 Å². The number of amides is 1. The van der Waals surface area contributed by atoms with Crippen LogP contribution in [0.4, 0.5) is 0 Å². The molecule has 16 heavy (non-hydrogen) atoms. The molecule has 90 valence electrons. The summed E-state index contributed by atoms with van der Waals surface area (Å²) in [7, 11) is 0. The van der Waals surface area contributed by atoms with Gasteiger partial charge in [-0.3, -0.25) is 9.59 Å². The van der Waals surface area contributed by atoms with E-state index in [9.17, 15) is 9.59 Å². The molecule has 2 N–H and O–H groups in total. The number of nitrogens with one attached hydrogen (secondary N) is 1. The molecule has 2 fully saturated rings. The van der Waals surface area contributed by atoms with Crippen LogP contribution in [-0.2, 0) is 9.59 Å². The van der Waals surface area contributed by atoms with E-state index < -0.39 is 5.97 Å². The Bertz CT molecular complexity index is 293. The fourth-order valence-corrected chi connectivity index (χ4v) is 2.55. The molecule has 2 atom stereocenters. The lowest BCUT2D eigenvalue weighted by atomic mass is 9.98. The maximum atomic E-state index is 11.0. The second-order valence-electron chi connectivity index (χ2n) is 4.74. The second-order valence-corrected chi connectivity index (χ2v) is 4.74. The number of carboxylic acids is 1. The van der Waals surface area contributed by atoms with Gasteiger partial charge in [-0.05, 0) is 25.8 Å². The predicted octanol–water partition coefficient (Wildman–Crippen LogP) is 0.0616. The van der Waals surface area contributed by atoms with Crippen LogP contribution in [0.3, 0.4) is 0 Å². The Morgan fingerprint density at radius 1 is 1.50 bits per heavy atom. The van der Waals surface area contributed by atoms with Crippen LogP contribution < -0.4 is 5.32 Å².